The topological polar surface area (TPSA) is 76.1 Å². The number of aliphatic carboxylic acids is 1. The van der Waals surface area contributed by atoms with Gasteiger partial charge >= 0.3 is 12.0 Å². The lowest BCUT2D eigenvalue weighted by Crippen LogP contribution is -2.59. The van der Waals surface area contributed by atoms with E-state index in [0.29, 0.717) is 0 Å². The van der Waals surface area contributed by atoms with Crippen LogP contribution in [-0.4, -0.2) is 89.7 Å². The standard InChI is InChI=1S/C19H30N4O3S/c1-2-22(14-18(24)25)16-12-15(13-16)20-19(26)23-9-7-21(8-10-23)6-5-17-4-3-11-27-17/h3-4,11,15-16H,2,5-10,12-14H2,1H3,(H,20,26)(H,24,25). The molecule has 2 N–H and O–H groups in total. The fourth-order valence-corrected chi connectivity index (χ4v) is 4.54. The molecule has 0 bridgehead atoms. The van der Waals surface area contributed by atoms with Crippen LogP contribution < -0.4 is 5.32 Å². The van der Waals surface area contributed by atoms with Gasteiger partial charge in [0.2, 0.25) is 0 Å². The quantitative estimate of drug-likeness (QED) is 0.700. The number of rotatable bonds is 8. The lowest BCUT2D eigenvalue weighted by atomic mass is 9.85. The van der Waals surface area contributed by atoms with Crippen LogP contribution in [-0.2, 0) is 11.2 Å². The summed E-state index contributed by atoms with van der Waals surface area (Å²) in [6, 6.07) is 4.73. The molecule has 1 aromatic heterocycles. The van der Waals surface area contributed by atoms with Crippen LogP contribution >= 0.6 is 11.3 Å². The first kappa shape index (κ1) is 20.1. The van der Waals surface area contributed by atoms with Crippen molar-refractivity contribution in [2.75, 3.05) is 45.8 Å². The molecule has 7 nitrogen and oxygen atoms in total. The monoisotopic (exact) mass is 394 g/mol. The minimum Gasteiger partial charge on any atom is -0.480 e. The molecule has 1 aromatic rings. The Balaban J connectivity index is 1.32. The Hall–Kier alpha value is -1.64. The fraction of sp³-hybridized carbons (Fsp3) is 0.684. The van der Waals surface area contributed by atoms with Gasteiger partial charge in [0, 0.05) is 49.7 Å². The van der Waals surface area contributed by atoms with Crippen LogP contribution in [0.2, 0.25) is 0 Å². The molecule has 2 aliphatic rings. The molecular weight excluding hydrogens is 364 g/mol. The van der Waals surface area contributed by atoms with E-state index in [2.05, 4.69) is 27.7 Å². The maximum Gasteiger partial charge on any atom is 0.317 e. The second-order valence-electron chi connectivity index (χ2n) is 7.39. The van der Waals surface area contributed by atoms with Crippen LogP contribution in [0.4, 0.5) is 4.79 Å². The molecule has 2 amide bonds. The highest BCUT2D eigenvalue weighted by molar-refractivity contribution is 7.09. The number of carbonyl (C=O) groups is 2. The summed E-state index contributed by atoms with van der Waals surface area (Å²) in [4.78, 5) is 31.1. The van der Waals surface area contributed by atoms with Gasteiger partial charge in [-0.1, -0.05) is 13.0 Å². The summed E-state index contributed by atoms with van der Waals surface area (Å²) < 4.78 is 0. The summed E-state index contributed by atoms with van der Waals surface area (Å²) in [6.45, 7) is 7.23. The van der Waals surface area contributed by atoms with Crippen molar-refractivity contribution in [1.82, 2.24) is 20.0 Å². The number of thiophene rings is 1. The Bertz CT molecular complexity index is 610. The predicted molar refractivity (Wildman–Crippen MR) is 106 cm³/mol. The molecule has 1 saturated heterocycles. The maximum atomic E-state index is 12.5. The van der Waals surface area contributed by atoms with Crippen molar-refractivity contribution in [3.63, 3.8) is 0 Å². The number of likely N-dealkylation sites (N-methyl/N-ethyl adjacent to an activating group) is 1. The number of hydrogen-bond donors (Lipinski definition) is 2. The van der Waals surface area contributed by atoms with Gasteiger partial charge in [-0.05, 0) is 37.3 Å². The number of carbonyl (C=O) groups excluding carboxylic acids is 1. The molecule has 150 valence electrons. The SMILES string of the molecule is CCN(CC(=O)O)C1CC(NC(=O)N2CCN(CCc3cccs3)CC2)C1. The minimum absolute atomic E-state index is 0.0256. The van der Waals surface area contributed by atoms with Crippen LogP contribution in [0.3, 0.4) is 0 Å². The lowest BCUT2D eigenvalue weighted by Gasteiger charge is -2.43. The normalized spacial score (nSPS) is 23.3. The largest absolute Gasteiger partial charge is 0.480 e. The Kier molecular flexibility index (Phi) is 7.09. The summed E-state index contributed by atoms with van der Waals surface area (Å²) in [5, 5.41) is 14.2. The average Bonchev–Trinajstić information content (AvgIpc) is 3.14. The molecule has 0 unspecified atom stereocenters. The maximum absolute atomic E-state index is 12.5. The van der Waals surface area contributed by atoms with E-state index in [0.717, 1.165) is 58.5 Å². The third-order valence-electron chi connectivity index (χ3n) is 5.62. The van der Waals surface area contributed by atoms with E-state index in [1.807, 2.05) is 16.7 Å². The number of amides is 2. The first-order chi connectivity index (χ1) is 13.0. The molecule has 0 aromatic carbocycles. The molecule has 1 aliphatic heterocycles. The molecule has 27 heavy (non-hydrogen) atoms. The Labute approximate surface area is 164 Å². The minimum atomic E-state index is -0.790. The Morgan fingerprint density at radius 2 is 2.04 bits per heavy atom. The second kappa shape index (κ2) is 9.52. The van der Waals surface area contributed by atoms with Crippen molar-refractivity contribution in [3.05, 3.63) is 22.4 Å². The molecule has 3 rings (SSSR count). The van der Waals surface area contributed by atoms with E-state index in [4.69, 9.17) is 5.11 Å². The van der Waals surface area contributed by atoms with Gasteiger partial charge in [-0.15, -0.1) is 11.3 Å². The zero-order chi connectivity index (χ0) is 19.2. The van der Waals surface area contributed by atoms with E-state index in [9.17, 15) is 9.59 Å². The lowest BCUT2D eigenvalue weighted by molar-refractivity contribution is -0.139. The molecule has 0 atom stereocenters. The molecule has 2 fully saturated rings. The Morgan fingerprint density at radius 1 is 1.30 bits per heavy atom. The van der Waals surface area contributed by atoms with Gasteiger partial charge in [-0.25, -0.2) is 4.79 Å². The van der Waals surface area contributed by atoms with Crippen molar-refractivity contribution in [1.29, 1.82) is 0 Å². The average molecular weight is 395 g/mol. The molecule has 1 aliphatic carbocycles. The third-order valence-corrected chi connectivity index (χ3v) is 6.55. The van der Waals surface area contributed by atoms with Crippen LogP contribution in [0.25, 0.3) is 0 Å². The van der Waals surface area contributed by atoms with Crippen LogP contribution in [0.5, 0.6) is 0 Å². The molecule has 0 radical (unpaired) electrons. The van der Waals surface area contributed by atoms with Crippen molar-refractivity contribution in [2.24, 2.45) is 0 Å². The number of hydrogen-bond acceptors (Lipinski definition) is 5. The highest BCUT2D eigenvalue weighted by atomic mass is 32.1. The summed E-state index contributed by atoms with van der Waals surface area (Å²) in [6.07, 6.45) is 2.76. The van der Waals surface area contributed by atoms with Gasteiger partial charge < -0.3 is 15.3 Å². The van der Waals surface area contributed by atoms with E-state index in [1.54, 1.807) is 11.3 Å². The van der Waals surface area contributed by atoms with Crippen molar-refractivity contribution < 1.29 is 14.7 Å². The van der Waals surface area contributed by atoms with E-state index in [-0.39, 0.29) is 24.7 Å². The smallest absolute Gasteiger partial charge is 0.317 e. The third kappa shape index (κ3) is 5.67. The molecule has 0 spiro atoms. The molecular formula is C19H30N4O3S. The van der Waals surface area contributed by atoms with Crippen LogP contribution in [0.1, 0.15) is 24.6 Å². The molecule has 2 heterocycles. The zero-order valence-corrected chi connectivity index (χ0v) is 16.8. The van der Waals surface area contributed by atoms with Gasteiger partial charge in [0.25, 0.3) is 0 Å². The number of nitrogens with one attached hydrogen (secondary N) is 1. The highest BCUT2D eigenvalue weighted by Crippen LogP contribution is 2.25. The first-order valence-electron chi connectivity index (χ1n) is 9.81. The molecule has 1 saturated carbocycles. The summed E-state index contributed by atoms with van der Waals surface area (Å²) >= 11 is 1.80. The van der Waals surface area contributed by atoms with E-state index >= 15 is 0 Å². The van der Waals surface area contributed by atoms with Gasteiger partial charge in [-0.2, -0.15) is 0 Å². The first-order valence-corrected chi connectivity index (χ1v) is 10.7. The number of carboxylic acids is 1. The second-order valence-corrected chi connectivity index (χ2v) is 8.42. The van der Waals surface area contributed by atoms with Gasteiger partial charge in [0.15, 0.2) is 0 Å². The van der Waals surface area contributed by atoms with Gasteiger partial charge in [0.05, 0.1) is 6.54 Å². The number of urea groups is 1. The highest BCUT2D eigenvalue weighted by Gasteiger charge is 2.35. The van der Waals surface area contributed by atoms with Gasteiger partial charge in [0.1, 0.15) is 0 Å². The van der Waals surface area contributed by atoms with Crippen LogP contribution in [0.15, 0.2) is 17.5 Å². The summed E-state index contributed by atoms with van der Waals surface area (Å²) in [5.41, 5.74) is 0. The van der Waals surface area contributed by atoms with Crippen molar-refractivity contribution in [2.45, 2.75) is 38.3 Å². The summed E-state index contributed by atoms with van der Waals surface area (Å²) in [5.74, 6) is -0.790. The van der Waals surface area contributed by atoms with E-state index in [1.165, 1.54) is 4.88 Å². The fourth-order valence-electron chi connectivity index (χ4n) is 3.84. The number of nitrogens with zero attached hydrogens (tertiary/aromatic N) is 3. The van der Waals surface area contributed by atoms with Crippen molar-refractivity contribution in [3.8, 4) is 0 Å². The van der Waals surface area contributed by atoms with E-state index < -0.39 is 5.97 Å². The van der Waals surface area contributed by atoms with Gasteiger partial charge in [-0.3, -0.25) is 14.6 Å². The predicted octanol–water partition coefficient (Wildman–Crippen LogP) is 1.56. The number of carboxylic acid groups (broad SMARTS) is 1. The van der Waals surface area contributed by atoms with Crippen LogP contribution in [0, 0.1) is 0 Å². The number of piperazine rings is 1. The summed E-state index contributed by atoms with van der Waals surface area (Å²) in [7, 11) is 0. The van der Waals surface area contributed by atoms with Crippen molar-refractivity contribution >= 4 is 23.3 Å². The Morgan fingerprint density at radius 3 is 2.63 bits per heavy atom. The molecule has 8 heteroatoms. The zero-order valence-electron chi connectivity index (χ0n) is 16.0.